The summed E-state index contributed by atoms with van der Waals surface area (Å²) in [6.07, 6.45) is 6.80. The lowest BCUT2D eigenvalue weighted by molar-refractivity contribution is 0.479. The van der Waals surface area contributed by atoms with Gasteiger partial charge in [-0.05, 0) is 177 Å². The number of nitrogens with zero attached hydrogens (tertiary/aromatic N) is 4. The monoisotopic (exact) mass is 1040 g/mol. The third-order valence-electron chi connectivity index (χ3n) is 18.2. The van der Waals surface area contributed by atoms with Crippen molar-refractivity contribution in [2.75, 3.05) is 19.6 Å². The summed E-state index contributed by atoms with van der Waals surface area (Å²) in [5, 5.41) is 0. The third-order valence-corrected chi connectivity index (χ3v) is 18.2. The molecule has 0 saturated heterocycles. The average molecular weight is 1040 g/mol. The van der Waals surface area contributed by atoms with E-state index >= 15 is 0 Å². The van der Waals surface area contributed by atoms with Gasteiger partial charge in [0.1, 0.15) is 0 Å². The highest BCUT2D eigenvalue weighted by atomic mass is 15.2. The molecule has 79 heavy (non-hydrogen) atoms. The van der Waals surface area contributed by atoms with E-state index in [4.69, 9.17) is 0 Å². The van der Waals surface area contributed by atoms with E-state index in [1.165, 1.54) is 84.2 Å². The highest BCUT2D eigenvalue weighted by molar-refractivity contribution is 6.01. The lowest BCUT2D eigenvalue weighted by atomic mass is 9.60. The summed E-state index contributed by atoms with van der Waals surface area (Å²) in [5.74, 6) is 0. The molecular weight excluding hydrogens is 957 g/mol. The van der Waals surface area contributed by atoms with E-state index < -0.39 is 16.2 Å². The van der Waals surface area contributed by atoms with Crippen molar-refractivity contribution in [3.63, 3.8) is 0 Å². The van der Waals surface area contributed by atoms with Crippen molar-refractivity contribution in [2.24, 2.45) is 5.41 Å². The molecule has 0 saturated carbocycles. The maximum Gasteiger partial charge on any atom is 0.0545 e. The predicted octanol–water partition coefficient (Wildman–Crippen LogP) is 21.4. The van der Waals surface area contributed by atoms with Crippen molar-refractivity contribution in [1.82, 2.24) is 0 Å². The largest absolute Gasteiger partial charge is 0.314 e. The van der Waals surface area contributed by atoms with Crippen LogP contribution in [0.4, 0.5) is 62.6 Å². The van der Waals surface area contributed by atoms with Crippen molar-refractivity contribution in [2.45, 2.75) is 144 Å². The van der Waals surface area contributed by atoms with Crippen LogP contribution in [0.2, 0.25) is 0 Å². The first-order chi connectivity index (χ1) is 37.3. The van der Waals surface area contributed by atoms with Crippen LogP contribution in [0, 0.1) is 5.41 Å². The molecule has 0 amide bonds. The van der Waals surface area contributed by atoms with Gasteiger partial charge in [-0.15, -0.1) is 0 Å². The number of para-hydroxylation sites is 3. The molecule has 0 fully saturated rings. The first-order valence-electron chi connectivity index (χ1n) is 28.9. The molecule has 0 N–H and O–H groups in total. The van der Waals surface area contributed by atoms with Crippen LogP contribution in [0.5, 0.6) is 0 Å². The smallest absolute Gasteiger partial charge is 0.0545 e. The minimum Gasteiger partial charge on any atom is -0.314 e. The summed E-state index contributed by atoms with van der Waals surface area (Å²) in [5.41, 5.74) is 25.6. The van der Waals surface area contributed by atoms with Gasteiger partial charge in [-0.3, -0.25) is 0 Å². The van der Waals surface area contributed by atoms with Gasteiger partial charge in [0.2, 0.25) is 0 Å². The first-order valence-corrected chi connectivity index (χ1v) is 28.9. The zero-order valence-electron chi connectivity index (χ0n) is 49.6. The summed E-state index contributed by atoms with van der Waals surface area (Å²) in [4.78, 5) is 10.3. The van der Waals surface area contributed by atoms with Gasteiger partial charge in [-0.25, -0.2) is 0 Å². The van der Waals surface area contributed by atoms with E-state index in [-0.39, 0.29) is 16.2 Å². The van der Waals surface area contributed by atoms with E-state index in [0.717, 1.165) is 47.0 Å². The van der Waals surface area contributed by atoms with Crippen molar-refractivity contribution < 1.29 is 0 Å². The molecule has 0 unspecified atom stereocenters. The minimum atomic E-state index is -0.425. The molecule has 8 aromatic rings. The van der Waals surface area contributed by atoms with Crippen molar-refractivity contribution in [3.8, 4) is 0 Å². The zero-order chi connectivity index (χ0) is 55.8. The van der Waals surface area contributed by atoms with Crippen LogP contribution in [0.3, 0.4) is 0 Å². The van der Waals surface area contributed by atoms with Crippen LogP contribution in [0.1, 0.15) is 161 Å². The lowest BCUT2D eigenvalue weighted by Crippen LogP contribution is -2.44. The molecule has 4 nitrogen and oxygen atoms in total. The second kappa shape index (κ2) is 18.2. The van der Waals surface area contributed by atoms with E-state index in [9.17, 15) is 0 Å². The predicted molar refractivity (Wildman–Crippen MR) is 338 cm³/mol. The molecule has 0 atom stereocenters. The Morgan fingerprint density at radius 1 is 0.316 bits per heavy atom. The zero-order valence-corrected chi connectivity index (χ0v) is 49.6. The summed E-state index contributed by atoms with van der Waals surface area (Å²) >= 11 is 0. The normalized spacial score (nSPS) is 16.4. The molecule has 0 spiro atoms. The topological polar surface area (TPSA) is 13.0 Å². The van der Waals surface area contributed by atoms with Gasteiger partial charge in [-0.2, -0.15) is 0 Å². The fourth-order valence-corrected chi connectivity index (χ4v) is 13.4. The van der Waals surface area contributed by atoms with E-state index in [0.29, 0.717) is 0 Å². The van der Waals surface area contributed by atoms with Crippen LogP contribution in [-0.2, 0) is 27.1 Å². The van der Waals surface area contributed by atoms with Gasteiger partial charge < -0.3 is 19.6 Å². The van der Waals surface area contributed by atoms with Crippen LogP contribution in [0.25, 0.3) is 0 Å². The Bertz CT molecular complexity index is 3530. The fraction of sp³-hybridized carbons (Fsp3) is 0.307. The van der Waals surface area contributed by atoms with Crippen molar-refractivity contribution in [1.29, 1.82) is 0 Å². The SMILES string of the molecule is CC(C)(C)C1=CC=C(N(c2ccccc2)c2cc3c4c(c2)C(C)(C)c2cc(N(c5ccccc5)c5ccc(C(C)(C)C)cc5)cc5c2N4c2c(cc(N(c4ccccc4)c4ccc(C(C)(C)C)cc4)cc2C5(C)C)C3(C)C)CC1. The second-order valence-corrected chi connectivity index (χ2v) is 27.6. The van der Waals surface area contributed by atoms with Crippen LogP contribution in [0.15, 0.2) is 199 Å². The molecule has 0 aromatic heterocycles. The van der Waals surface area contributed by atoms with E-state index in [1.54, 1.807) is 0 Å². The number of hydrogen-bond donors (Lipinski definition) is 0. The van der Waals surface area contributed by atoms with Crippen LogP contribution >= 0.6 is 0 Å². The molecule has 1 aliphatic carbocycles. The highest BCUT2D eigenvalue weighted by Gasteiger charge is 2.53. The minimum absolute atomic E-state index is 0.0288. The molecule has 4 aliphatic rings. The van der Waals surface area contributed by atoms with Gasteiger partial charge in [0.25, 0.3) is 0 Å². The quantitative estimate of drug-likeness (QED) is 0.143. The number of benzene rings is 8. The van der Waals surface area contributed by atoms with E-state index in [1.807, 2.05) is 0 Å². The van der Waals surface area contributed by atoms with Gasteiger partial charge in [-0.1, -0.05) is 194 Å². The van der Waals surface area contributed by atoms with Gasteiger partial charge in [0, 0.05) is 67.4 Å². The number of allylic oxidation sites excluding steroid dienone is 4. The maximum absolute atomic E-state index is 2.74. The number of anilines is 11. The lowest BCUT2D eigenvalue weighted by Gasteiger charge is -2.55. The Morgan fingerprint density at radius 3 is 0.886 bits per heavy atom. The Morgan fingerprint density at radius 2 is 0.608 bits per heavy atom. The van der Waals surface area contributed by atoms with Crippen LogP contribution < -0.4 is 19.6 Å². The Labute approximate surface area is 472 Å². The highest BCUT2D eigenvalue weighted by Crippen LogP contribution is 2.68. The van der Waals surface area contributed by atoms with Crippen molar-refractivity contribution >= 4 is 62.6 Å². The molecule has 0 bridgehead atoms. The molecule has 8 aromatic carbocycles. The Kier molecular flexibility index (Phi) is 12.0. The number of rotatable bonds is 9. The maximum atomic E-state index is 2.74. The second-order valence-electron chi connectivity index (χ2n) is 27.6. The van der Waals surface area contributed by atoms with Crippen LogP contribution in [-0.4, -0.2) is 0 Å². The Hall–Kier alpha value is -7.56. The molecule has 0 radical (unpaired) electrons. The number of hydrogen-bond acceptors (Lipinski definition) is 4. The first kappa shape index (κ1) is 52.2. The average Bonchev–Trinajstić information content (AvgIpc) is 2.07. The van der Waals surface area contributed by atoms with Gasteiger partial charge in [0.05, 0.1) is 17.1 Å². The van der Waals surface area contributed by atoms with Crippen molar-refractivity contribution in [3.05, 3.63) is 244 Å². The molecule has 3 aliphatic heterocycles. The third kappa shape index (κ3) is 8.55. The molecule has 400 valence electrons. The fourth-order valence-electron chi connectivity index (χ4n) is 13.4. The Balaban J connectivity index is 1.17. The molecule has 4 heteroatoms. The molecular formula is C75H80N4. The summed E-state index contributed by atoms with van der Waals surface area (Å²) in [7, 11) is 0. The van der Waals surface area contributed by atoms with Gasteiger partial charge in [0.15, 0.2) is 0 Å². The summed E-state index contributed by atoms with van der Waals surface area (Å²) in [6, 6.07) is 67.0. The summed E-state index contributed by atoms with van der Waals surface area (Å²) < 4.78 is 0. The molecule has 3 heterocycles. The molecule has 12 rings (SSSR count). The standard InChI is InChI=1S/C75H80N4/c1-70(2,3)49-31-37-55(38-32-49)76(52-25-19-16-20-26-52)58-43-61-67-62(44-58)74(12,13)64-46-60(78(54-29-23-18-24-30-54)57-41-35-51(36-42-57)72(7,8)9)48-66-69(64)79(67)68-63(73(61,10)11)45-59(47-65(68)75(66,14)15)77(53-27-21-17-22-28-53)56-39-33-50(34-40-56)71(4,5)6/h16-35,37-41,43-48H,36,42H2,1-15H3. The van der Waals surface area contributed by atoms with Gasteiger partial charge >= 0.3 is 0 Å². The van der Waals surface area contributed by atoms with E-state index in [2.05, 4.69) is 312 Å². The summed E-state index contributed by atoms with van der Waals surface area (Å²) in [6.45, 7) is 35.8.